The van der Waals surface area contributed by atoms with Crippen LogP contribution in [0.2, 0.25) is 0 Å². The fraction of sp³-hybridized carbons (Fsp3) is 0.500. The zero-order valence-corrected chi connectivity index (χ0v) is 24.6. The SMILES string of the molecule is CCn1c(SCC(=O)Nc2sc3c(c2C(=O)OC(C)C)CCCC3)nnc1C(C)Oc1ccc(C)cc1C. The third-order valence-electron chi connectivity index (χ3n) is 6.36. The van der Waals surface area contributed by atoms with Crippen LogP contribution in [0.5, 0.6) is 5.75 Å². The summed E-state index contributed by atoms with van der Waals surface area (Å²) >= 11 is 2.81. The average Bonchev–Trinajstić information content (AvgIpc) is 3.44. The molecule has 2 aromatic heterocycles. The van der Waals surface area contributed by atoms with Crippen LogP contribution in [0.25, 0.3) is 0 Å². The zero-order chi connectivity index (χ0) is 27.4. The van der Waals surface area contributed by atoms with E-state index in [9.17, 15) is 9.59 Å². The van der Waals surface area contributed by atoms with Crippen LogP contribution in [-0.2, 0) is 28.9 Å². The molecule has 1 aromatic carbocycles. The summed E-state index contributed by atoms with van der Waals surface area (Å²) in [4.78, 5) is 27.0. The lowest BCUT2D eigenvalue weighted by Gasteiger charge is -2.17. The quantitative estimate of drug-likeness (QED) is 0.232. The highest BCUT2D eigenvalue weighted by molar-refractivity contribution is 7.99. The number of aromatic nitrogens is 3. The van der Waals surface area contributed by atoms with Crippen LogP contribution < -0.4 is 10.1 Å². The van der Waals surface area contributed by atoms with Crippen LogP contribution in [-0.4, -0.2) is 38.5 Å². The Morgan fingerprint density at radius 2 is 1.92 bits per heavy atom. The summed E-state index contributed by atoms with van der Waals surface area (Å²) in [5.41, 5.74) is 3.80. The number of benzene rings is 1. The number of carbonyl (C=O) groups excluding carboxylic acids is 2. The largest absolute Gasteiger partial charge is 0.482 e. The second-order valence-electron chi connectivity index (χ2n) is 9.82. The van der Waals surface area contributed by atoms with Gasteiger partial charge in [0.25, 0.3) is 0 Å². The number of fused-ring (bicyclic) bond motifs is 1. The number of nitrogens with zero attached hydrogens (tertiary/aromatic N) is 3. The topological polar surface area (TPSA) is 95.3 Å². The number of anilines is 1. The van der Waals surface area contributed by atoms with Gasteiger partial charge in [-0.2, -0.15) is 0 Å². The van der Waals surface area contributed by atoms with Gasteiger partial charge in [-0.25, -0.2) is 4.79 Å². The van der Waals surface area contributed by atoms with Crippen LogP contribution in [0.4, 0.5) is 5.00 Å². The van der Waals surface area contributed by atoms with Crippen molar-refractivity contribution >= 4 is 40.0 Å². The van der Waals surface area contributed by atoms with E-state index in [0.717, 1.165) is 42.6 Å². The fourth-order valence-electron chi connectivity index (χ4n) is 4.62. The number of ether oxygens (including phenoxy) is 2. The number of carbonyl (C=O) groups is 2. The molecule has 0 radical (unpaired) electrons. The first kappa shape index (κ1) is 28.2. The molecular weight excluding hydrogens is 520 g/mol. The first-order chi connectivity index (χ1) is 18.2. The van der Waals surface area contributed by atoms with E-state index in [1.807, 2.05) is 51.3 Å². The summed E-state index contributed by atoms with van der Waals surface area (Å²) in [5, 5.41) is 12.9. The van der Waals surface area contributed by atoms with Crippen molar-refractivity contribution < 1.29 is 19.1 Å². The Hall–Kier alpha value is -2.85. The molecule has 0 spiro atoms. The third kappa shape index (κ3) is 6.40. The summed E-state index contributed by atoms with van der Waals surface area (Å²) in [5.74, 6) is 1.10. The molecule has 1 aliphatic rings. The molecular formula is C28H36N4O4S2. The van der Waals surface area contributed by atoms with Crippen LogP contribution in [0.3, 0.4) is 0 Å². The number of nitrogens with one attached hydrogen (secondary N) is 1. The monoisotopic (exact) mass is 556 g/mol. The molecule has 0 fully saturated rings. The minimum absolute atomic E-state index is 0.145. The maximum Gasteiger partial charge on any atom is 0.341 e. The normalized spacial score (nSPS) is 13.8. The van der Waals surface area contributed by atoms with Gasteiger partial charge in [0.15, 0.2) is 17.1 Å². The van der Waals surface area contributed by atoms with E-state index in [2.05, 4.69) is 28.5 Å². The molecule has 10 heteroatoms. The molecule has 1 N–H and O–H groups in total. The van der Waals surface area contributed by atoms with Gasteiger partial charge in [-0.1, -0.05) is 29.5 Å². The molecule has 8 nitrogen and oxygen atoms in total. The van der Waals surface area contributed by atoms with E-state index < -0.39 is 0 Å². The number of hydrogen-bond acceptors (Lipinski definition) is 8. The molecule has 0 aliphatic heterocycles. The molecule has 4 rings (SSSR count). The van der Waals surface area contributed by atoms with Gasteiger partial charge in [-0.05, 0) is 84.4 Å². The maximum atomic E-state index is 13.0. The smallest absolute Gasteiger partial charge is 0.341 e. The van der Waals surface area contributed by atoms with Gasteiger partial charge in [-0.3, -0.25) is 4.79 Å². The van der Waals surface area contributed by atoms with Crippen molar-refractivity contribution in [2.45, 2.75) is 91.1 Å². The van der Waals surface area contributed by atoms with Crippen molar-refractivity contribution in [3.05, 3.63) is 51.2 Å². The van der Waals surface area contributed by atoms with Crippen molar-refractivity contribution in [3.8, 4) is 5.75 Å². The molecule has 0 saturated carbocycles. The number of thiophene rings is 1. The second-order valence-corrected chi connectivity index (χ2v) is 11.9. The summed E-state index contributed by atoms with van der Waals surface area (Å²) in [6.07, 6.45) is 3.36. The molecule has 2 heterocycles. The second kappa shape index (κ2) is 12.3. The van der Waals surface area contributed by atoms with Gasteiger partial charge in [0, 0.05) is 11.4 Å². The van der Waals surface area contributed by atoms with Crippen molar-refractivity contribution in [2.24, 2.45) is 0 Å². The highest BCUT2D eigenvalue weighted by Gasteiger charge is 2.28. The summed E-state index contributed by atoms with van der Waals surface area (Å²) in [7, 11) is 0. The van der Waals surface area contributed by atoms with Crippen molar-refractivity contribution in [2.75, 3.05) is 11.1 Å². The van der Waals surface area contributed by atoms with E-state index in [0.29, 0.717) is 28.1 Å². The lowest BCUT2D eigenvalue weighted by molar-refractivity contribution is -0.113. The van der Waals surface area contributed by atoms with Crippen molar-refractivity contribution in [1.29, 1.82) is 0 Å². The standard InChI is InChI=1S/C28H36N4O4S2/c1-7-32-25(19(6)36-21-13-12-17(4)14-18(21)5)30-31-28(32)37-15-23(33)29-26-24(27(34)35-16(2)3)20-10-8-9-11-22(20)38-26/h12-14,16,19H,7-11,15H2,1-6H3,(H,29,33). The predicted octanol–water partition coefficient (Wildman–Crippen LogP) is 6.29. The lowest BCUT2D eigenvalue weighted by atomic mass is 9.95. The van der Waals surface area contributed by atoms with Crippen LogP contribution in [0, 0.1) is 13.8 Å². The minimum Gasteiger partial charge on any atom is -0.482 e. The van der Waals surface area contributed by atoms with Crippen LogP contribution >= 0.6 is 23.1 Å². The van der Waals surface area contributed by atoms with Gasteiger partial charge < -0.3 is 19.4 Å². The van der Waals surface area contributed by atoms with Crippen LogP contribution in [0.1, 0.15) is 84.4 Å². The summed E-state index contributed by atoms with van der Waals surface area (Å²) < 4.78 is 13.7. The number of hydrogen-bond donors (Lipinski definition) is 1. The summed E-state index contributed by atoms with van der Waals surface area (Å²) in [6.45, 7) is 12.4. The van der Waals surface area contributed by atoms with E-state index >= 15 is 0 Å². The molecule has 0 saturated heterocycles. The lowest BCUT2D eigenvalue weighted by Crippen LogP contribution is -2.19. The van der Waals surface area contributed by atoms with Crippen molar-refractivity contribution in [1.82, 2.24) is 14.8 Å². The molecule has 1 atom stereocenters. The average molecular weight is 557 g/mol. The minimum atomic E-state index is -0.365. The highest BCUT2D eigenvalue weighted by atomic mass is 32.2. The van der Waals surface area contributed by atoms with Gasteiger partial charge in [0.2, 0.25) is 5.91 Å². The first-order valence-electron chi connectivity index (χ1n) is 13.1. The van der Waals surface area contributed by atoms with Gasteiger partial charge in [-0.15, -0.1) is 21.5 Å². The Bertz CT molecular complexity index is 1310. The Labute approximate surface area is 232 Å². The molecule has 204 valence electrons. The number of amides is 1. The molecule has 1 aliphatic carbocycles. The molecule has 38 heavy (non-hydrogen) atoms. The van der Waals surface area contributed by atoms with Gasteiger partial charge >= 0.3 is 5.97 Å². The number of esters is 1. The third-order valence-corrected chi connectivity index (χ3v) is 8.54. The number of rotatable bonds is 10. The predicted molar refractivity (Wildman–Crippen MR) is 152 cm³/mol. The molecule has 3 aromatic rings. The van der Waals surface area contributed by atoms with E-state index in [4.69, 9.17) is 9.47 Å². The zero-order valence-electron chi connectivity index (χ0n) is 22.9. The molecule has 1 unspecified atom stereocenters. The molecule has 0 bridgehead atoms. The maximum absolute atomic E-state index is 13.0. The van der Waals surface area contributed by atoms with Gasteiger partial charge in [0.05, 0.1) is 17.4 Å². The van der Waals surface area contributed by atoms with Crippen LogP contribution in [0.15, 0.2) is 23.4 Å². The molecule has 1 amide bonds. The summed E-state index contributed by atoms with van der Waals surface area (Å²) in [6, 6.07) is 6.09. The van der Waals surface area contributed by atoms with Crippen molar-refractivity contribution in [3.63, 3.8) is 0 Å². The fourth-order valence-corrected chi connectivity index (χ4v) is 6.72. The van der Waals surface area contributed by atoms with Gasteiger partial charge in [0.1, 0.15) is 10.8 Å². The Morgan fingerprint density at radius 3 is 2.63 bits per heavy atom. The van der Waals surface area contributed by atoms with E-state index in [1.54, 1.807) is 0 Å². The van der Waals surface area contributed by atoms with E-state index in [-0.39, 0.29) is 29.8 Å². The first-order valence-corrected chi connectivity index (χ1v) is 14.9. The number of thioether (sulfide) groups is 1. The highest BCUT2D eigenvalue weighted by Crippen LogP contribution is 2.39. The Balaban J connectivity index is 1.44. The van der Waals surface area contributed by atoms with E-state index in [1.165, 1.54) is 33.5 Å². The Morgan fingerprint density at radius 1 is 1.16 bits per heavy atom. The Kier molecular flexibility index (Phi) is 9.15. The number of aryl methyl sites for hydroxylation is 3.